The number of rotatable bonds is 28. The summed E-state index contributed by atoms with van der Waals surface area (Å²) in [5, 5.41) is 49.3. The minimum Gasteiger partial charge on any atom is -0.456 e. The van der Waals surface area contributed by atoms with Crippen molar-refractivity contribution in [2.45, 2.75) is 141 Å². The van der Waals surface area contributed by atoms with Gasteiger partial charge in [0.15, 0.2) is 82.2 Å². The molecule has 5 aromatic carbocycles. The van der Waals surface area contributed by atoms with Crippen molar-refractivity contribution in [2.75, 3.05) is 73.7 Å². The Bertz CT molecular complexity index is 8160. The Morgan fingerprint density at radius 1 is 0.340 bits per heavy atom. The fraction of sp³-hybridized carbons (Fsp3) is 0.257. The van der Waals surface area contributed by atoms with E-state index >= 15 is 0 Å². The maximum atomic E-state index is 13.1. The van der Waals surface area contributed by atoms with Crippen LogP contribution in [0.4, 0.5) is 22.7 Å². The fourth-order valence-corrected chi connectivity index (χ4v) is 20.0. The van der Waals surface area contributed by atoms with Gasteiger partial charge in [0.25, 0.3) is 23.6 Å². The highest BCUT2D eigenvalue weighted by Crippen LogP contribution is 2.35. The van der Waals surface area contributed by atoms with Crippen molar-refractivity contribution in [3.8, 4) is 56.0 Å². The van der Waals surface area contributed by atoms with Crippen LogP contribution in [0, 0.1) is 0 Å². The molecule has 147 heavy (non-hydrogen) atoms. The zero-order valence-corrected chi connectivity index (χ0v) is 84.7. The van der Waals surface area contributed by atoms with Crippen LogP contribution in [0.5, 0.6) is 11.5 Å². The van der Waals surface area contributed by atoms with Gasteiger partial charge in [0, 0.05) is 133 Å². The van der Waals surface area contributed by atoms with Crippen LogP contribution < -0.4 is 26.0 Å². The van der Waals surface area contributed by atoms with Gasteiger partial charge in [-0.25, -0.2) is 53.6 Å². The summed E-state index contributed by atoms with van der Waals surface area (Å²) in [6.45, 7) is 22.4. The second-order valence-corrected chi connectivity index (χ2v) is 46.5. The molecule has 0 atom stereocenters. The lowest BCUT2D eigenvalue weighted by molar-refractivity contribution is 0.0341. The second-order valence-electron chi connectivity index (χ2n) is 36.7. The lowest BCUT2D eigenvalue weighted by Gasteiger charge is -2.30. The summed E-state index contributed by atoms with van der Waals surface area (Å²) in [5.41, 5.74) is 15.8. The number of nitrogens with one attached hydrogen (secondary N) is 8. The number of anilines is 4. The van der Waals surface area contributed by atoms with Crippen molar-refractivity contribution in [3.63, 3.8) is 0 Å². The molecule has 9 N–H and O–H groups in total. The van der Waals surface area contributed by atoms with Crippen LogP contribution in [0.3, 0.4) is 0 Å². The highest BCUT2D eigenvalue weighted by atomic mass is 32.2. The number of carbonyl (C=O) groups is 4. The molecular formula is C105H107N23O15S4. The van der Waals surface area contributed by atoms with Crippen molar-refractivity contribution >= 4 is 129 Å². The van der Waals surface area contributed by atoms with E-state index in [1.807, 2.05) is 140 Å². The van der Waals surface area contributed by atoms with Gasteiger partial charge in [0.05, 0.1) is 116 Å². The molecule has 0 saturated carbocycles. The first-order chi connectivity index (χ1) is 70.6. The molecule has 0 bridgehead atoms. The average molecular weight is 2060 g/mol. The number of aromatic amines is 4. The minimum absolute atomic E-state index is 0.0229. The van der Waals surface area contributed by atoms with Crippen LogP contribution in [0.25, 0.3) is 88.1 Å². The van der Waals surface area contributed by atoms with E-state index in [1.165, 1.54) is 79.7 Å². The summed E-state index contributed by atoms with van der Waals surface area (Å²) < 4.78 is 110. The number of amides is 4. The average Bonchev–Trinajstić information content (AvgIpc) is 1.66. The number of ether oxygens (including phenoxy) is 2. The van der Waals surface area contributed by atoms with E-state index < -0.39 is 84.0 Å². The predicted molar refractivity (Wildman–Crippen MR) is 558 cm³/mol. The Labute approximate surface area is 847 Å². The molecule has 0 radical (unpaired) electrons. The molecule has 38 nitrogen and oxygen atoms in total. The van der Waals surface area contributed by atoms with E-state index in [4.69, 9.17) is 9.47 Å². The number of hydrogen-bond acceptors (Lipinski definition) is 30. The second kappa shape index (κ2) is 45.0. The number of sulfone groups is 4. The molecule has 0 spiro atoms. The Hall–Kier alpha value is -15.5. The number of fused-ring (bicyclic) bond motifs is 4. The molecule has 3 saturated heterocycles. The molecule has 15 heterocycles. The largest absolute Gasteiger partial charge is 0.456 e. The third-order valence-corrected chi connectivity index (χ3v) is 33.2. The molecule has 0 aliphatic carbocycles. The Kier molecular flexibility index (Phi) is 31.5. The number of likely N-dealkylation sites (tertiary alicyclic amines) is 2. The Morgan fingerprint density at radius 3 is 0.918 bits per heavy atom. The van der Waals surface area contributed by atoms with E-state index in [1.54, 1.807) is 74.0 Å². The van der Waals surface area contributed by atoms with Crippen LogP contribution in [0.15, 0.2) is 270 Å². The van der Waals surface area contributed by atoms with Gasteiger partial charge in [-0.3, -0.25) is 74.2 Å². The molecular weight excluding hydrogens is 1950 g/mol. The summed E-state index contributed by atoms with van der Waals surface area (Å²) in [6, 6.07) is 52.2. The van der Waals surface area contributed by atoms with Crippen molar-refractivity contribution < 1.29 is 67.4 Å². The fourth-order valence-electron chi connectivity index (χ4n) is 16.3. The molecule has 20 rings (SSSR count). The first-order valence-corrected chi connectivity index (χ1v) is 53.7. The summed E-state index contributed by atoms with van der Waals surface area (Å²) in [5.74, 6) is -0.444. The highest BCUT2D eigenvalue weighted by Gasteiger charge is 2.29. The van der Waals surface area contributed by atoms with E-state index in [2.05, 4.69) is 135 Å². The minimum atomic E-state index is -3.50. The van der Waals surface area contributed by atoms with Gasteiger partial charge >= 0.3 is 0 Å². The van der Waals surface area contributed by atoms with Crippen LogP contribution in [0.2, 0.25) is 0 Å². The number of H-pyrrole nitrogens is 4. The molecule has 42 heteroatoms. The van der Waals surface area contributed by atoms with Gasteiger partial charge < -0.3 is 35.8 Å². The zero-order valence-electron chi connectivity index (χ0n) is 81.5. The van der Waals surface area contributed by atoms with Gasteiger partial charge in [0.1, 0.15) is 11.5 Å². The maximum Gasteiger partial charge on any atom is 0.276 e. The standard InChI is InChI=1S/C27H30N6O4S.C27H23N5O4S.C26H28N6O4S.C25H26N6O3S/c1-17(2)38(36,37)25-6-4-21(15-29-25)30-27(35)26-23-12-19(3-5-24(23)31-32-26)20-11-18(13-28-14-20)16-33-9-7-22(34)8-10-33;1-17(2)37(34,35)25-11-9-20(15-29-25)30-27(33)26-23-13-18(8-10-24(23)31-32-26)19-12-22(16-28-14-19)36-21-6-4-3-5-7-21;1-17(2)37(34,35)24-6-4-21(15-28-24)29-26(33)25-22-12-19(3-5-23(22)30-31-25)20-11-18(13-27-14-20)16-32-7-9-36-10-8-32;1-16(2)35(33,34)23-7-5-20(14-27-23)28-25(32)24-21-11-18(4-6-22(21)29-30-24)19-10-17(12-26-13-19)15-31-8-3-9-31/h3-6,11-15,17,22,34H,7-10,16H2,1-2H3,(H,30,35)(H,31,32);3-17H,1-2H3,(H,30,33)(H,31,32);3-6,11-15,17H,7-10,16H2,1-2H3,(H,29,33)(H,30,31);4-7,10-14,16H,3,8-9,15H2,1-2H3,(H,28,32)(H,29,30). The molecule has 3 aliphatic rings. The number of aliphatic hydroxyl groups excluding tert-OH is 1. The van der Waals surface area contributed by atoms with Gasteiger partial charge in [0.2, 0.25) is 0 Å². The molecule has 756 valence electrons. The van der Waals surface area contributed by atoms with Crippen LogP contribution in [-0.4, -0.2) is 237 Å². The van der Waals surface area contributed by atoms with Gasteiger partial charge in [-0.2, -0.15) is 20.4 Å². The van der Waals surface area contributed by atoms with E-state index in [0.717, 1.165) is 157 Å². The van der Waals surface area contributed by atoms with Gasteiger partial charge in [-0.05, 0) is 260 Å². The maximum absolute atomic E-state index is 13.1. The third kappa shape index (κ3) is 24.5. The monoisotopic (exact) mass is 2060 g/mol. The van der Waals surface area contributed by atoms with Gasteiger partial charge in [-0.1, -0.05) is 42.5 Å². The number of carbonyl (C=O) groups excluding carboxylic acids is 4. The van der Waals surface area contributed by atoms with E-state index in [-0.39, 0.29) is 49.0 Å². The summed E-state index contributed by atoms with van der Waals surface area (Å²) in [4.78, 5) is 92.8. The Morgan fingerprint density at radius 2 is 0.633 bits per heavy atom. The number of benzene rings is 5. The van der Waals surface area contributed by atoms with Crippen LogP contribution >= 0.6 is 0 Å². The van der Waals surface area contributed by atoms with Crippen molar-refractivity contribution in [1.29, 1.82) is 0 Å². The number of hydrogen-bond donors (Lipinski definition) is 9. The summed E-state index contributed by atoms with van der Waals surface area (Å²) in [6.07, 6.45) is 22.3. The molecule has 0 unspecified atom stereocenters. The molecule has 4 amide bonds. The first-order valence-electron chi connectivity index (χ1n) is 47.6. The SMILES string of the molecule is CC(C)S(=O)(=O)c1ccc(NC(=O)c2n[nH]c3ccc(-c4cncc(CN5CCC(O)CC5)c4)cc23)cn1.CC(C)S(=O)(=O)c1ccc(NC(=O)c2n[nH]c3ccc(-c4cncc(CN5CCC5)c4)cc23)cn1.CC(C)S(=O)(=O)c1ccc(NC(=O)c2n[nH]c3ccc(-c4cncc(CN5CCOCC5)c4)cc23)cn1.CC(C)S(=O)(=O)c1ccc(NC(=O)c2n[nH]c3ccc(-c4cncc(Oc5ccccc5)c4)cc23)cn1. The molecule has 12 aromatic heterocycles. The quantitative estimate of drug-likeness (QED) is 0.0220. The highest BCUT2D eigenvalue weighted by molar-refractivity contribution is 7.92. The number of aromatic nitrogens is 16. The number of nitrogens with zero attached hydrogens (tertiary/aromatic N) is 15. The molecule has 3 fully saturated rings. The topological polar surface area (TPSA) is 519 Å². The normalized spacial score (nSPS) is 14.0. The van der Waals surface area contributed by atoms with Crippen LogP contribution in [-0.2, 0) is 63.7 Å². The van der Waals surface area contributed by atoms with Crippen LogP contribution in [0.1, 0.15) is 133 Å². The molecule has 3 aliphatic heterocycles. The number of para-hydroxylation sites is 1. The van der Waals surface area contributed by atoms with E-state index in [9.17, 15) is 58.0 Å². The zero-order chi connectivity index (χ0) is 103. The number of aliphatic hydroxyl groups is 1. The summed E-state index contributed by atoms with van der Waals surface area (Å²) >= 11 is 0. The number of pyridine rings is 8. The van der Waals surface area contributed by atoms with Gasteiger partial charge in [-0.15, -0.1) is 0 Å². The lowest BCUT2D eigenvalue weighted by atomic mass is 10.0. The lowest BCUT2D eigenvalue weighted by Crippen LogP contribution is -2.36. The predicted octanol–water partition coefficient (Wildman–Crippen LogP) is 15.6. The first kappa shape index (κ1) is 103. The third-order valence-electron chi connectivity index (χ3n) is 25.0. The van der Waals surface area contributed by atoms with Crippen molar-refractivity contribution in [1.82, 2.24) is 95.4 Å². The number of piperidine rings is 1. The molecule has 17 aromatic rings. The number of morpholine rings is 1. The van der Waals surface area contributed by atoms with Crippen molar-refractivity contribution in [2.24, 2.45) is 0 Å². The van der Waals surface area contributed by atoms with Crippen molar-refractivity contribution in [3.05, 3.63) is 290 Å². The van der Waals surface area contributed by atoms with E-state index in [0.29, 0.717) is 66.8 Å². The smallest absolute Gasteiger partial charge is 0.276 e. The summed E-state index contributed by atoms with van der Waals surface area (Å²) in [7, 11) is -14.0. The Balaban J connectivity index is 0.000000134.